The number of carbonyl (C=O) groups is 2. The second-order valence-electron chi connectivity index (χ2n) is 4.86. The number of anilines is 1. The summed E-state index contributed by atoms with van der Waals surface area (Å²) in [4.78, 5) is 29.5. The Morgan fingerprint density at radius 2 is 2.14 bits per heavy atom. The maximum absolute atomic E-state index is 12.3. The van der Waals surface area contributed by atoms with Crippen LogP contribution in [0.25, 0.3) is 0 Å². The van der Waals surface area contributed by atoms with Gasteiger partial charge >= 0.3 is 0 Å². The van der Waals surface area contributed by atoms with Gasteiger partial charge in [0.05, 0.1) is 6.54 Å². The number of carbonyl (C=O) groups excluding carboxylic acids is 2. The Morgan fingerprint density at radius 1 is 1.29 bits per heavy atom. The van der Waals surface area contributed by atoms with Crippen molar-refractivity contribution in [3.63, 3.8) is 0 Å². The molecule has 0 saturated heterocycles. The molecular formula is C14H15N5O2. The third-order valence-electron chi connectivity index (χ3n) is 3.36. The van der Waals surface area contributed by atoms with Crippen molar-refractivity contribution in [1.82, 2.24) is 19.7 Å². The van der Waals surface area contributed by atoms with Crippen LogP contribution in [0.15, 0.2) is 36.9 Å². The fraction of sp³-hybridized carbons (Fsp3) is 0.286. The van der Waals surface area contributed by atoms with Gasteiger partial charge < -0.3 is 10.2 Å². The van der Waals surface area contributed by atoms with Crippen LogP contribution in [0.5, 0.6) is 0 Å². The number of rotatable bonds is 3. The molecule has 1 aliphatic rings. The molecule has 21 heavy (non-hydrogen) atoms. The lowest BCUT2D eigenvalue weighted by Crippen LogP contribution is -2.35. The molecule has 1 aromatic heterocycles. The number of para-hydroxylation sites is 1. The van der Waals surface area contributed by atoms with Gasteiger partial charge in [-0.1, -0.05) is 18.2 Å². The van der Waals surface area contributed by atoms with Crippen molar-refractivity contribution in [2.75, 3.05) is 11.9 Å². The Kier molecular flexibility index (Phi) is 3.63. The van der Waals surface area contributed by atoms with Gasteiger partial charge in [-0.15, -0.1) is 0 Å². The number of nitrogens with one attached hydrogen (secondary N) is 1. The second kappa shape index (κ2) is 5.74. The average molecular weight is 285 g/mol. The van der Waals surface area contributed by atoms with Crippen molar-refractivity contribution < 1.29 is 9.59 Å². The summed E-state index contributed by atoms with van der Waals surface area (Å²) in [6.45, 7) is 0.967. The van der Waals surface area contributed by atoms with E-state index in [0.29, 0.717) is 19.5 Å². The zero-order valence-electron chi connectivity index (χ0n) is 11.4. The number of aromatic nitrogens is 3. The smallest absolute Gasteiger partial charge is 0.244 e. The van der Waals surface area contributed by atoms with Crippen LogP contribution in [-0.4, -0.2) is 38.0 Å². The van der Waals surface area contributed by atoms with Crippen molar-refractivity contribution in [2.24, 2.45) is 0 Å². The standard InChI is InChI=1S/C14H15N5O2/c20-13-8-18(7-11-3-1-2-4-12(11)17-13)14(21)5-6-19-10-15-9-16-19/h1-4,9-10H,5-8H2,(H,17,20). The van der Waals surface area contributed by atoms with Crippen molar-refractivity contribution in [1.29, 1.82) is 0 Å². The largest absolute Gasteiger partial charge is 0.329 e. The van der Waals surface area contributed by atoms with E-state index in [0.717, 1.165) is 11.3 Å². The SMILES string of the molecule is O=C1CN(C(=O)CCn2cncn2)Cc2ccccc2N1. The number of hydrogen-bond acceptors (Lipinski definition) is 4. The van der Waals surface area contributed by atoms with Gasteiger partial charge in [-0.2, -0.15) is 5.10 Å². The predicted octanol–water partition coefficient (Wildman–Crippen LogP) is 0.649. The van der Waals surface area contributed by atoms with Gasteiger partial charge in [0.2, 0.25) is 11.8 Å². The predicted molar refractivity (Wildman–Crippen MR) is 75.1 cm³/mol. The van der Waals surface area contributed by atoms with Gasteiger partial charge in [0.1, 0.15) is 19.2 Å². The van der Waals surface area contributed by atoms with E-state index in [1.807, 2.05) is 24.3 Å². The first kappa shape index (κ1) is 13.3. The Hall–Kier alpha value is -2.70. The lowest BCUT2D eigenvalue weighted by Gasteiger charge is -2.19. The maximum Gasteiger partial charge on any atom is 0.244 e. The highest BCUT2D eigenvalue weighted by Crippen LogP contribution is 2.20. The minimum absolute atomic E-state index is 0.0719. The van der Waals surface area contributed by atoms with Crippen LogP contribution in [-0.2, 0) is 22.7 Å². The van der Waals surface area contributed by atoms with Crippen LogP contribution in [0.4, 0.5) is 5.69 Å². The van der Waals surface area contributed by atoms with E-state index in [-0.39, 0.29) is 18.4 Å². The summed E-state index contributed by atoms with van der Waals surface area (Å²) in [5, 5.41) is 6.77. The Bertz CT molecular complexity index is 653. The van der Waals surface area contributed by atoms with Crippen LogP contribution in [0.1, 0.15) is 12.0 Å². The number of benzene rings is 1. The molecule has 0 bridgehead atoms. The third-order valence-corrected chi connectivity index (χ3v) is 3.36. The molecule has 7 nitrogen and oxygen atoms in total. The first-order valence-electron chi connectivity index (χ1n) is 6.70. The lowest BCUT2D eigenvalue weighted by atomic mass is 10.1. The summed E-state index contributed by atoms with van der Waals surface area (Å²) in [5.74, 6) is -0.244. The Labute approximate surface area is 121 Å². The summed E-state index contributed by atoms with van der Waals surface area (Å²) in [7, 11) is 0. The Balaban J connectivity index is 1.70. The average Bonchev–Trinajstić information content (AvgIpc) is 2.93. The molecule has 3 rings (SSSR count). The van der Waals surface area contributed by atoms with Gasteiger partial charge in [0.15, 0.2) is 0 Å². The highest BCUT2D eigenvalue weighted by molar-refractivity contribution is 5.96. The molecule has 7 heteroatoms. The molecule has 0 radical (unpaired) electrons. The van der Waals surface area contributed by atoms with Gasteiger partial charge in [0.25, 0.3) is 0 Å². The molecular weight excluding hydrogens is 270 g/mol. The highest BCUT2D eigenvalue weighted by atomic mass is 16.2. The van der Waals surface area contributed by atoms with Crippen LogP contribution in [0.2, 0.25) is 0 Å². The molecule has 1 aromatic carbocycles. The van der Waals surface area contributed by atoms with E-state index >= 15 is 0 Å². The number of nitrogens with zero attached hydrogens (tertiary/aromatic N) is 4. The van der Waals surface area contributed by atoms with Crippen molar-refractivity contribution in [2.45, 2.75) is 19.5 Å². The van der Waals surface area contributed by atoms with Gasteiger partial charge in [-0.05, 0) is 11.6 Å². The minimum atomic E-state index is -0.172. The van der Waals surface area contributed by atoms with Crippen LogP contribution >= 0.6 is 0 Å². The molecule has 0 atom stereocenters. The fourth-order valence-electron chi connectivity index (χ4n) is 2.30. The molecule has 0 aliphatic carbocycles. The first-order chi connectivity index (χ1) is 10.2. The quantitative estimate of drug-likeness (QED) is 0.898. The summed E-state index contributed by atoms with van der Waals surface area (Å²) in [6.07, 6.45) is 3.29. The van der Waals surface area contributed by atoms with Crippen LogP contribution in [0.3, 0.4) is 0 Å². The van der Waals surface area contributed by atoms with Crippen molar-refractivity contribution in [3.05, 3.63) is 42.5 Å². The fourth-order valence-corrected chi connectivity index (χ4v) is 2.30. The molecule has 1 aliphatic heterocycles. The molecule has 0 spiro atoms. The Morgan fingerprint density at radius 3 is 2.95 bits per heavy atom. The van der Waals surface area contributed by atoms with E-state index in [2.05, 4.69) is 15.4 Å². The van der Waals surface area contributed by atoms with Crippen molar-refractivity contribution in [3.8, 4) is 0 Å². The van der Waals surface area contributed by atoms with Gasteiger partial charge in [-0.25, -0.2) is 4.98 Å². The monoisotopic (exact) mass is 285 g/mol. The van der Waals surface area contributed by atoms with E-state index in [9.17, 15) is 9.59 Å². The molecule has 0 saturated carbocycles. The molecule has 0 unspecified atom stereocenters. The molecule has 1 N–H and O–H groups in total. The topological polar surface area (TPSA) is 80.1 Å². The second-order valence-corrected chi connectivity index (χ2v) is 4.86. The molecule has 2 heterocycles. The van der Waals surface area contributed by atoms with E-state index in [1.54, 1.807) is 15.9 Å². The zero-order chi connectivity index (χ0) is 14.7. The summed E-state index contributed by atoms with van der Waals surface area (Å²) >= 11 is 0. The van der Waals surface area contributed by atoms with E-state index in [4.69, 9.17) is 0 Å². The van der Waals surface area contributed by atoms with Gasteiger partial charge in [0, 0.05) is 18.7 Å². The summed E-state index contributed by atoms with van der Waals surface area (Å²) < 4.78 is 1.60. The first-order valence-corrected chi connectivity index (χ1v) is 6.70. The molecule has 0 fully saturated rings. The summed E-state index contributed by atoms with van der Waals surface area (Å²) in [6, 6.07) is 7.52. The van der Waals surface area contributed by atoms with E-state index < -0.39 is 0 Å². The number of hydrogen-bond donors (Lipinski definition) is 1. The third kappa shape index (κ3) is 3.07. The van der Waals surface area contributed by atoms with Crippen LogP contribution in [0, 0.1) is 0 Å². The highest BCUT2D eigenvalue weighted by Gasteiger charge is 2.22. The molecule has 108 valence electrons. The molecule has 2 aromatic rings. The van der Waals surface area contributed by atoms with Crippen molar-refractivity contribution >= 4 is 17.5 Å². The normalized spacial score (nSPS) is 14.3. The number of fused-ring (bicyclic) bond motifs is 1. The molecule has 2 amide bonds. The number of amides is 2. The van der Waals surface area contributed by atoms with Crippen LogP contribution < -0.4 is 5.32 Å². The zero-order valence-corrected chi connectivity index (χ0v) is 11.4. The number of aryl methyl sites for hydroxylation is 1. The van der Waals surface area contributed by atoms with E-state index in [1.165, 1.54) is 6.33 Å². The minimum Gasteiger partial charge on any atom is -0.329 e. The van der Waals surface area contributed by atoms with Gasteiger partial charge in [-0.3, -0.25) is 14.3 Å². The maximum atomic E-state index is 12.3. The lowest BCUT2D eigenvalue weighted by molar-refractivity contribution is -0.135. The summed E-state index contributed by atoms with van der Waals surface area (Å²) in [5.41, 5.74) is 1.71.